The Morgan fingerprint density at radius 3 is 2.68 bits per heavy atom. The van der Waals surface area contributed by atoms with Gasteiger partial charge in [-0.25, -0.2) is 5.43 Å². The van der Waals surface area contributed by atoms with E-state index in [1.807, 2.05) is 0 Å². The van der Waals surface area contributed by atoms with Crippen LogP contribution in [-0.4, -0.2) is 75.0 Å². The van der Waals surface area contributed by atoms with Gasteiger partial charge in [-0.2, -0.15) is 0 Å². The number of nitrogens with zero attached hydrogens (tertiary/aromatic N) is 1. The van der Waals surface area contributed by atoms with Gasteiger partial charge in [-0.05, 0) is 25.0 Å². The molecule has 140 valence electrons. The van der Waals surface area contributed by atoms with Crippen molar-refractivity contribution in [3.8, 4) is 0 Å². The van der Waals surface area contributed by atoms with Gasteiger partial charge in [0, 0.05) is 24.0 Å². The second kappa shape index (κ2) is 8.65. The Labute approximate surface area is 145 Å². The molecule has 1 amide bonds. The maximum absolute atomic E-state index is 12.0. The molecule has 9 heteroatoms. The number of ether oxygens (including phenoxy) is 1. The quantitative estimate of drug-likeness (QED) is 0.325. The Hall–Kier alpha value is -1.62. The molecule has 2 rings (SSSR count). The summed E-state index contributed by atoms with van der Waals surface area (Å²) >= 11 is 0. The summed E-state index contributed by atoms with van der Waals surface area (Å²) in [4.78, 5) is 16.0. The van der Waals surface area contributed by atoms with Crippen molar-refractivity contribution in [2.45, 2.75) is 44.4 Å². The number of hydrogen-bond donors (Lipinski definition) is 6. The first kappa shape index (κ1) is 19.7. The molecule has 0 aliphatic carbocycles. The Morgan fingerprint density at radius 2 is 2.04 bits per heavy atom. The summed E-state index contributed by atoms with van der Waals surface area (Å²) in [6.45, 7) is 3.31. The monoisotopic (exact) mass is 355 g/mol. The zero-order valence-electron chi connectivity index (χ0n) is 14.2. The molecule has 1 aromatic rings. The van der Waals surface area contributed by atoms with E-state index < -0.39 is 37.1 Å². The predicted octanol–water partition coefficient (Wildman–Crippen LogP) is -1.90. The molecule has 0 bridgehead atoms. The van der Waals surface area contributed by atoms with Crippen LogP contribution in [0.4, 0.5) is 0 Å². The van der Waals surface area contributed by atoms with Crippen LogP contribution in [0, 0.1) is 12.8 Å². The third-order valence-corrected chi connectivity index (χ3v) is 4.27. The number of amides is 1. The van der Waals surface area contributed by atoms with Crippen molar-refractivity contribution in [2.24, 2.45) is 5.92 Å². The second-order valence-electron chi connectivity index (χ2n) is 6.29. The van der Waals surface area contributed by atoms with Crippen molar-refractivity contribution >= 4 is 5.91 Å². The number of hydrazine groups is 1. The van der Waals surface area contributed by atoms with Crippen molar-refractivity contribution in [3.05, 3.63) is 29.6 Å². The molecule has 1 saturated heterocycles. The molecule has 6 N–H and O–H groups in total. The highest BCUT2D eigenvalue weighted by Crippen LogP contribution is 2.25. The lowest BCUT2D eigenvalue weighted by atomic mass is 9.89. The summed E-state index contributed by atoms with van der Waals surface area (Å²) in [5.41, 5.74) is 6.49. The van der Waals surface area contributed by atoms with E-state index in [0.717, 1.165) is 5.69 Å². The van der Waals surface area contributed by atoms with E-state index in [9.17, 15) is 25.2 Å². The predicted molar refractivity (Wildman–Crippen MR) is 87.4 cm³/mol. The highest BCUT2D eigenvalue weighted by Gasteiger charge is 2.45. The van der Waals surface area contributed by atoms with Gasteiger partial charge in [0.05, 0.1) is 12.7 Å². The van der Waals surface area contributed by atoms with E-state index in [0.29, 0.717) is 5.56 Å². The Kier molecular flexibility index (Phi) is 6.82. The molecule has 0 spiro atoms. The number of carbonyl (C=O) groups is 1. The van der Waals surface area contributed by atoms with Gasteiger partial charge >= 0.3 is 0 Å². The molecular weight excluding hydrogens is 330 g/mol. The van der Waals surface area contributed by atoms with Crippen molar-refractivity contribution in [1.29, 1.82) is 0 Å². The molecule has 0 aromatic carbocycles. The van der Waals surface area contributed by atoms with Crippen molar-refractivity contribution in [1.82, 2.24) is 15.8 Å². The fourth-order valence-electron chi connectivity index (χ4n) is 2.77. The van der Waals surface area contributed by atoms with E-state index in [1.54, 1.807) is 32.2 Å². The molecule has 1 aromatic heterocycles. The summed E-state index contributed by atoms with van der Waals surface area (Å²) in [6.07, 6.45) is -4.30. The zero-order valence-corrected chi connectivity index (χ0v) is 14.2. The van der Waals surface area contributed by atoms with E-state index in [1.165, 1.54) is 0 Å². The van der Waals surface area contributed by atoms with E-state index in [-0.39, 0.29) is 18.4 Å². The smallest absolute Gasteiger partial charge is 0.265 e. The number of hydrogen-bond acceptors (Lipinski definition) is 8. The molecule has 9 nitrogen and oxygen atoms in total. The van der Waals surface area contributed by atoms with Crippen LogP contribution in [0.1, 0.15) is 23.0 Å². The lowest BCUT2D eigenvalue weighted by Crippen LogP contribution is -2.61. The van der Waals surface area contributed by atoms with Crippen molar-refractivity contribution in [2.75, 3.05) is 13.2 Å². The number of aliphatic hydroxyl groups excluding tert-OH is 4. The first-order chi connectivity index (χ1) is 11.8. The Morgan fingerprint density at radius 1 is 1.32 bits per heavy atom. The van der Waals surface area contributed by atoms with Crippen LogP contribution >= 0.6 is 0 Å². The molecule has 2 unspecified atom stereocenters. The van der Waals surface area contributed by atoms with Gasteiger partial charge in [0.2, 0.25) is 0 Å². The fourth-order valence-corrected chi connectivity index (χ4v) is 2.77. The summed E-state index contributed by atoms with van der Waals surface area (Å²) in [5, 5.41) is 38.9. The van der Waals surface area contributed by atoms with Crippen LogP contribution in [0.3, 0.4) is 0 Å². The highest BCUT2D eigenvalue weighted by molar-refractivity contribution is 5.93. The topological polar surface area (TPSA) is 144 Å². The number of aliphatic hydroxyl groups is 4. The normalized spacial score (nSPS) is 30.7. The SMILES string of the molecule is Cc1cc(C(=O)NNCC(C)C2O[C@H](CO)[C@@H](O)[C@H](O)[C@H]2O)ccn1. The first-order valence-electron chi connectivity index (χ1n) is 8.11. The minimum absolute atomic E-state index is 0.249. The van der Waals surface area contributed by atoms with Gasteiger partial charge in [0.15, 0.2) is 0 Å². The maximum Gasteiger partial charge on any atom is 0.265 e. The maximum atomic E-state index is 12.0. The standard InChI is InChI=1S/C16H25N3O6/c1-8(15-14(23)13(22)12(21)11(7-20)25-15)6-18-19-16(24)10-3-4-17-9(2)5-10/h3-5,8,11-15,18,20-23H,6-7H2,1-2H3,(H,19,24)/t8?,11-,12-,13+,14-,15?/m1/s1. The van der Waals surface area contributed by atoms with E-state index in [2.05, 4.69) is 15.8 Å². The van der Waals surface area contributed by atoms with Gasteiger partial charge in [0.1, 0.15) is 24.4 Å². The Bertz CT molecular complexity index is 585. The lowest BCUT2D eigenvalue weighted by molar-refractivity contribution is -0.239. The van der Waals surface area contributed by atoms with Crippen LogP contribution in [-0.2, 0) is 4.74 Å². The Balaban J connectivity index is 1.87. The summed E-state index contributed by atoms with van der Waals surface area (Å²) in [6, 6.07) is 3.24. The van der Waals surface area contributed by atoms with Crippen LogP contribution in [0.25, 0.3) is 0 Å². The van der Waals surface area contributed by atoms with E-state index in [4.69, 9.17) is 4.74 Å². The largest absolute Gasteiger partial charge is 0.394 e. The van der Waals surface area contributed by atoms with Gasteiger partial charge in [-0.15, -0.1) is 0 Å². The third-order valence-electron chi connectivity index (χ3n) is 4.27. The number of pyridine rings is 1. The molecule has 1 fully saturated rings. The molecule has 0 saturated carbocycles. The van der Waals surface area contributed by atoms with Crippen LogP contribution < -0.4 is 10.9 Å². The van der Waals surface area contributed by atoms with Crippen LogP contribution in [0.5, 0.6) is 0 Å². The van der Waals surface area contributed by atoms with Crippen molar-refractivity contribution in [3.63, 3.8) is 0 Å². The van der Waals surface area contributed by atoms with Gasteiger partial charge in [0.25, 0.3) is 5.91 Å². The molecule has 6 atom stereocenters. The minimum atomic E-state index is -1.41. The summed E-state index contributed by atoms with van der Waals surface area (Å²) < 4.78 is 5.48. The molecule has 2 heterocycles. The summed E-state index contributed by atoms with van der Waals surface area (Å²) in [5.74, 6) is -0.642. The van der Waals surface area contributed by atoms with Crippen molar-refractivity contribution < 1.29 is 30.0 Å². The minimum Gasteiger partial charge on any atom is -0.394 e. The zero-order chi connectivity index (χ0) is 18.6. The second-order valence-corrected chi connectivity index (χ2v) is 6.29. The van der Waals surface area contributed by atoms with Gasteiger partial charge < -0.3 is 25.2 Å². The summed E-state index contributed by atoms with van der Waals surface area (Å²) in [7, 11) is 0. The average Bonchev–Trinajstić information content (AvgIpc) is 2.59. The molecular formula is C16H25N3O6. The van der Waals surface area contributed by atoms with Crippen LogP contribution in [0.2, 0.25) is 0 Å². The number of aryl methyl sites for hydroxylation is 1. The fraction of sp³-hybridized carbons (Fsp3) is 0.625. The molecule has 25 heavy (non-hydrogen) atoms. The molecule has 1 aliphatic heterocycles. The number of aromatic nitrogens is 1. The number of rotatable bonds is 6. The first-order valence-corrected chi connectivity index (χ1v) is 8.11. The number of nitrogens with one attached hydrogen (secondary N) is 2. The average molecular weight is 355 g/mol. The molecule has 1 aliphatic rings. The van der Waals surface area contributed by atoms with Gasteiger partial charge in [-0.3, -0.25) is 15.2 Å². The highest BCUT2D eigenvalue weighted by atomic mass is 16.5. The van der Waals surface area contributed by atoms with Crippen LogP contribution in [0.15, 0.2) is 18.3 Å². The van der Waals surface area contributed by atoms with Gasteiger partial charge in [-0.1, -0.05) is 6.92 Å². The number of carbonyl (C=O) groups excluding carboxylic acids is 1. The lowest BCUT2D eigenvalue weighted by Gasteiger charge is -2.42. The molecule has 0 radical (unpaired) electrons. The van der Waals surface area contributed by atoms with E-state index >= 15 is 0 Å². The third kappa shape index (κ3) is 4.72.